The Kier molecular flexibility index (Phi) is 10.5. The summed E-state index contributed by atoms with van der Waals surface area (Å²) in [5.41, 5.74) is -0.0270. The monoisotopic (exact) mass is 669 g/mol. The number of aliphatic hydroxyl groups excluding tert-OH is 1. The van der Waals surface area contributed by atoms with Gasteiger partial charge in [0.2, 0.25) is 5.28 Å². The Bertz CT molecular complexity index is 1760. The molecule has 1 aromatic carbocycles. The van der Waals surface area contributed by atoms with Crippen LogP contribution in [0.4, 0.5) is 5.82 Å². The zero-order valence-corrected chi connectivity index (χ0v) is 27.6. The van der Waals surface area contributed by atoms with E-state index in [0.29, 0.717) is 11.3 Å². The van der Waals surface area contributed by atoms with Crippen LogP contribution < -0.4 is 10.1 Å². The first-order valence-corrected chi connectivity index (χ1v) is 15.0. The number of aromatic nitrogens is 4. The molecule has 3 aromatic rings. The van der Waals surface area contributed by atoms with Crippen LogP contribution in [-0.2, 0) is 45.3 Å². The molecule has 47 heavy (non-hydrogen) atoms. The number of hydrogen-bond acceptors (Lipinski definition) is 12. The molecule has 3 heterocycles. The molecule has 15 heteroatoms. The highest BCUT2D eigenvalue weighted by Gasteiger charge is 2.42. The fourth-order valence-corrected chi connectivity index (χ4v) is 5.84. The van der Waals surface area contributed by atoms with Gasteiger partial charge in [-0.2, -0.15) is 9.97 Å². The topological polar surface area (TPSA) is 181 Å². The molecule has 0 aliphatic carbocycles. The zero-order chi connectivity index (χ0) is 34.7. The Balaban J connectivity index is 1.65. The summed E-state index contributed by atoms with van der Waals surface area (Å²) in [4.78, 5) is 62.3. The van der Waals surface area contributed by atoms with Gasteiger partial charge < -0.3 is 33.9 Å². The maximum atomic E-state index is 13.6. The third kappa shape index (κ3) is 7.70. The van der Waals surface area contributed by atoms with E-state index in [4.69, 9.17) is 37.0 Å². The van der Waals surface area contributed by atoms with Crippen LogP contribution in [0.1, 0.15) is 56.7 Å². The van der Waals surface area contributed by atoms with E-state index in [0.717, 1.165) is 11.1 Å². The first kappa shape index (κ1) is 35.3. The van der Waals surface area contributed by atoms with Crippen molar-refractivity contribution in [3.05, 3.63) is 40.4 Å². The average Bonchev–Trinajstić information content (AvgIpc) is 3.59. The lowest BCUT2D eigenvalue weighted by molar-refractivity contribution is -0.169. The van der Waals surface area contributed by atoms with Crippen LogP contribution in [0.2, 0.25) is 5.28 Å². The van der Waals surface area contributed by atoms with Gasteiger partial charge in [0.25, 0.3) is 5.91 Å². The number of rotatable bonds is 12. The number of carbonyl (C=O) groups excluding carboxylic acids is 4. The molecule has 0 radical (unpaired) electrons. The van der Waals surface area contributed by atoms with E-state index in [1.165, 1.54) is 24.9 Å². The second-order valence-corrected chi connectivity index (χ2v) is 12.2. The maximum absolute atomic E-state index is 13.6. The molecule has 2 aromatic heterocycles. The molecule has 3 atom stereocenters. The molecule has 1 saturated heterocycles. The molecule has 1 fully saturated rings. The highest BCUT2D eigenvalue weighted by Crippen LogP contribution is 2.39. The molecule has 4 rings (SSSR count). The van der Waals surface area contributed by atoms with Crippen molar-refractivity contribution in [2.75, 3.05) is 19.0 Å². The predicted octanol–water partition coefficient (Wildman–Crippen LogP) is 2.96. The molecule has 0 bridgehead atoms. The van der Waals surface area contributed by atoms with E-state index in [1.54, 1.807) is 6.07 Å². The van der Waals surface area contributed by atoms with Crippen molar-refractivity contribution in [1.82, 2.24) is 19.5 Å². The van der Waals surface area contributed by atoms with Crippen LogP contribution >= 0.6 is 11.6 Å². The van der Waals surface area contributed by atoms with Gasteiger partial charge in [-0.05, 0) is 42.6 Å². The number of anilines is 1. The van der Waals surface area contributed by atoms with Crippen LogP contribution in [0.15, 0.2) is 18.5 Å². The van der Waals surface area contributed by atoms with Gasteiger partial charge in [-0.3, -0.25) is 19.2 Å². The number of cyclic esters (lactones) is 1. The Labute approximate surface area is 276 Å². The molecule has 0 spiro atoms. The molecule has 1 amide bonds. The number of imidazole rings is 1. The minimum absolute atomic E-state index is 0.0313. The van der Waals surface area contributed by atoms with Gasteiger partial charge in [0.05, 0.1) is 25.9 Å². The summed E-state index contributed by atoms with van der Waals surface area (Å²) in [6.07, 6.45) is 5.05. The number of hydrogen-bond donors (Lipinski definition) is 2. The van der Waals surface area contributed by atoms with Crippen molar-refractivity contribution in [2.24, 2.45) is 0 Å². The smallest absolute Gasteiger partial charge is 0.308 e. The van der Waals surface area contributed by atoms with Crippen LogP contribution in [-0.4, -0.2) is 80.0 Å². The summed E-state index contributed by atoms with van der Waals surface area (Å²) in [5, 5.41) is 12.7. The first-order chi connectivity index (χ1) is 22.1. The van der Waals surface area contributed by atoms with Crippen molar-refractivity contribution >= 4 is 52.4 Å². The Hall–Kier alpha value is -4.58. The maximum Gasteiger partial charge on any atom is 0.308 e. The van der Waals surface area contributed by atoms with E-state index < -0.39 is 53.6 Å². The second kappa shape index (κ2) is 14.0. The third-order valence-corrected chi connectivity index (χ3v) is 7.98. The number of terminal acetylenes is 1. The summed E-state index contributed by atoms with van der Waals surface area (Å²) in [5.74, 6) is 0.434. The molecule has 1 unspecified atom stereocenters. The van der Waals surface area contributed by atoms with Crippen molar-refractivity contribution in [3.63, 3.8) is 0 Å². The summed E-state index contributed by atoms with van der Waals surface area (Å²) in [7, 11) is 1.27. The molecule has 2 N–H and O–H groups in total. The van der Waals surface area contributed by atoms with Gasteiger partial charge in [-0.1, -0.05) is 25.8 Å². The minimum Gasteiger partial charge on any atom is -0.456 e. The van der Waals surface area contributed by atoms with Crippen LogP contribution in [0, 0.1) is 26.2 Å². The van der Waals surface area contributed by atoms with Crippen LogP contribution in [0.25, 0.3) is 11.2 Å². The lowest BCUT2D eigenvalue weighted by atomic mass is 9.78. The fourth-order valence-electron chi connectivity index (χ4n) is 5.68. The predicted molar refractivity (Wildman–Crippen MR) is 168 cm³/mol. The van der Waals surface area contributed by atoms with Crippen molar-refractivity contribution < 1.29 is 43.2 Å². The Morgan fingerprint density at radius 2 is 2.00 bits per heavy atom. The molecular formula is C32H36ClN5O9. The quantitative estimate of drug-likeness (QED) is 0.125. The summed E-state index contributed by atoms with van der Waals surface area (Å²) in [6, 6.07) is 3.65. The summed E-state index contributed by atoms with van der Waals surface area (Å²) < 4.78 is 23.4. The van der Waals surface area contributed by atoms with E-state index in [1.807, 2.05) is 33.8 Å². The number of carbonyl (C=O) groups is 4. The van der Waals surface area contributed by atoms with Gasteiger partial charge in [0, 0.05) is 37.9 Å². The lowest BCUT2D eigenvalue weighted by Crippen LogP contribution is -2.51. The number of ether oxygens (including phenoxy) is 4. The Morgan fingerprint density at radius 3 is 2.60 bits per heavy atom. The number of fused-ring (bicyclic) bond motifs is 1. The zero-order valence-electron chi connectivity index (χ0n) is 26.9. The number of nitrogens with zero attached hydrogens (tertiary/aromatic N) is 4. The molecule has 250 valence electrons. The molecule has 1 aliphatic heterocycles. The van der Waals surface area contributed by atoms with E-state index >= 15 is 0 Å². The van der Waals surface area contributed by atoms with Gasteiger partial charge in [-0.25, -0.2) is 4.98 Å². The van der Waals surface area contributed by atoms with Gasteiger partial charge >= 0.3 is 17.9 Å². The minimum atomic E-state index is -1.78. The fraction of sp³-hybridized carbons (Fsp3) is 0.469. The number of amides is 1. The highest BCUT2D eigenvalue weighted by atomic mass is 35.5. The van der Waals surface area contributed by atoms with Gasteiger partial charge in [0.1, 0.15) is 5.75 Å². The van der Waals surface area contributed by atoms with Crippen LogP contribution in [0.3, 0.4) is 0 Å². The van der Waals surface area contributed by atoms with Gasteiger partial charge in [-0.15, -0.1) is 6.42 Å². The average molecular weight is 670 g/mol. The molecular weight excluding hydrogens is 634 g/mol. The molecule has 14 nitrogen and oxygen atoms in total. The highest BCUT2D eigenvalue weighted by molar-refractivity contribution is 6.28. The largest absolute Gasteiger partial charge is 0.456 e. The number of aliphatic hydroxyl groups is 1. The van der Waals surface area contributed by atoms with Crippen molar-refractivity contribution in [1.29, 1.82) is 0 Å². The van der Waals surface area contributed by atoms with Crippen molar-refractivity contribution in [3.8, 4) is 18.1 Å². The lowest BCUT2D eigenvalue weighted by Gasteiger charge is -2.35. The number of methoxy groups -OCH3 is 1. The molecule has 1 aliphatic rings. The molecule has 0 saturated carbocycles. The van der Waals surface area contributed by atoms with Gasteiger partial charge in [0.15, 0.2) is 34.8 Å². The van der Waals surface area contributed by atoms with E-state index in [9.17, 15) is 24.3 Å². The normalized spacial score (nSPS) is 16.6. The number of benzene rings is 1. The SMILES string of the molecule is C#CC(CO)(OC)[C@H](Cn1cnc2c(NC(=O)[C@H]3CCC(=O)O3)nc(Cl)nc21)OC(=O)CC(C)(C)c1c(C)cc(C)cc1OC(C)=O. The Morgan fingerprint density at radius 1 is 1.28 bits per heavy atom. The standard InChI is InChI=1S/C32H36ClN5O9/c1-8-32(15-39,44-7)22(47-24(42)13-31(5,6)25-18(3)11-17(2)12-21(25)45-19(4)40)14-38-16-34-26-27(36-30(33)37-28(26)38)35-29(43)20-9-10-23(41)46-20/h1,11-12,16,20,22,39H,9-10,13-15H2,2-7H3,(H,35,36,37,43)/t20-,22+,32?/m1/s1. The number of nitrogens with one attached hydrogen (secondary N) is 1. The number of esters is 3. The summed E-state index contributed by atoms with van der Waals surface area (Å²) >= 11 is 6.20. The van der Waals surface area contributed by atoms with Crippen molar-refractivity contribution in [2.45, 2.75) is 83.6 Å². The summed E-state index contributed by atoms with van der Waals surface area (Å²) in [6.45, 7) is 7.75. The van der Waals surface area contributed by atoms with E-state index in [-0.39, 0.29) is 48.1 Å². The number of halogens is 1. The third-order valence-electron chi connectivity index (χ3n) is 7.82. The second-order valence-electron chi connectivity index (χ2n) is 11.9. The van der Waals surface area contributed by atoms with Crippen LogP contribution in [0.5, 0.6) is 5.75 Å². The van der Waals surface area contributed by atoms with E-state index in [2.05, 4.69) is 26.2 Å². The first-order valence-electron chi connectivity index (χ1n) is 14.6. The number of aryl methyl sites for hydroxylation is 2.